The number of likely N-dealkylation sites (tertiary alicyclic amines) is 1. The number of rotatable bonds is 0. The summed E-state index contributed by atoms with van der Waals surface area (Å²) in [6.45, 7) is 11.0. The summed E-state index contributed by atoms with van der Waals surface area (Å²) in [5.74, 6) is 3.95. The molecule has 6 rings (SSSR count). The predicted octanol–water partition coefficient (Wildman–Crippen LogP) is 4.93. The van der Waals surface area contributed by atoms with Crippen molar-refractivity contribution in [2.24, 2.45) is 35.0 Å². The predicted molar refractivity (Wildman–Crippen MR) is 127 cm³/mol. The Morgan fingerprint density at radius 3 is 2.78 bits per heavy atom. The number of nitrogens with one attached hydrogen (secondary N) is 1. The number of hydrogen-bond donors (Lipinski definition) is 1. The molecule has 10 unspecified atom stereocenters. The molecule has 1 amide bonds. The number of piperidine rings is 2. The Balaban J connectivity index is 1.28. The summed E-state index contributed by atoms with van der Waals surface area (Å²) in [6, 6.07) is 0.994. The zero-order chi connectivity index (χ0) is 22.4. The number of carbonyl (C=O) groups is 1. The monoisotopic (exact) mass is 440 g/mol. The minimum Gasteiger partial charge on any atom is -0.369 e. The Hall–Kier alpha value is -0.870. The molecule has 4 nitrogen and oxygen atoms in total. The van der Waals surface area contributed by atoms with Gasteiger partial charge in [0, 0.05) is 31.0 Å². The Morgan fingerprint density at radius 1 is 1.16 bits per heavy atom. The Kier molecular flexibility index (Phi) is 4.95. The fourth-order valence-corrected chi connectivity index (χ4v) is 9.86. The van der Waals surface area contributed by atoms with Gasteiger partial charge in [0.15, 0.2) is 0 Å². The minimum absolute atomic E-state index is 0.0461. The highest BCUT2D eigenvalue weighted by Crippen LogP contribution is 2.62. The van der Waals surface area contributed by atoms with Crippen molar-refractivity contribution in [1.82, 2.24) is 10.2 Å². The van der Waals surface area contributed by atoms with Gasteiger partial charge in [0.2, 0.25) is 5.91 Å². The molecule has 2 saturated carbocycles. The minimum atomic E-state index is 0.0461. The highest BCUT2D eigenvalue weighted by atomic mass is 16.5. The number of hydrogen-bond acceptors (Lipinski definition) is 3. The van der Waals surface area contributed by atoms with Crippen LogP contribution in [0.5, 0.6) is 0 Å². The zero-order valence-electron chi connectivity index (χ0n) is 21.0. The zero-order valence-corrected chi connectivity index (χ0v) is 21.0. The molecule has 6 aliphatic rings. The van der Waals surface area contributed by atoms with Crippen LogP contribution in [0.3, 0.4) is 0 Å². The second-order valence-corrected chi connectivity index (χ2v) is 13.1. The van der Waals surface area contributed by atoms with Crippen molar-refractivity contribution in [2.75, 3.05) is 13.6 Å². The lowest BCUT2D eigenvalue weighted by Crippen LogP contribution is -2.57. The molecule has 178 valence electrons. The molecule has 0 bridgehead atoms. The summed E-state index contributed by atoms with van der Waals surface area (Å²) < 4.78 is 7.09. The van der Waals surface area contributed by atoms with Gasteiger partial charge in [0.05, 0.1) is 11.7 Å². The number of amides is 1. The normalized spacial score (nSPS) is 53.3. The summed E-state index contributed by atoms with van der Waals surface area (Å²) in [4.78, 5) is 14.7. The van der Waals surface area contributed by atoms with Gasteiger partial charge >= 0.3 is 0 Å². The topological polar surface area (TPSA) is 41.6 Å². The first-order valence-electron chi connectivity index (χ1n) is 13.6. The molecule has 32 heavy (non-hydrogen) atoms. The highest BCUT2D eigenvalue weighted by Gasteiger charge is 2.60. The smallest absolute Gasteiger partial charge is 0.220 e. The van der Waals surface area contributed by atoms with E-state index in [4.69, 9.17) is 4.74 Å². The SMILES string of the molecule is CC1=C2CC3C(CCC4NC(=O)CCC43C)C2CCC2(C1)OC1CC(C)CN(C)C1C2C. The van der Waals surface area contributed by atoms with Gasteiger partial charge < -0.3 is 15.0 Å². The number of fused-ring (bicyclic) bond motifs is 6. The van der Waals surface area contributed by atoms with Crippen LogP contribution in [-0.2, 0) is 9.53 Å². The van der Waals surface area contributed by atoms with Gasteiger partial charge in [-0.05, 0) is 94.4 Å². The molecular weight excluding hydrogens is 396 g/mol. The quantitative estimate of drug-likeness (QED) is 0.543. The first-order chi connectivity index (χ1) is 15.2. The molecule has 3 aliphatic carbocycles. The fourth-order valence-electron chi connectivity index (χ4n) is 9.86. The van der Waals surface area contributed by atoms with E-state index in [2.05, 4.69) is 45.0 Å². The molecule has 0 aromatic carbocycles. The molecule has 0 aromatic rings. The van der Waals surface area contributed by atoms with Crippen molar-refractivity contribution in [3.63, 3.8) is 0 Å². The van der Waals surface area contributed by atoms with Gasteiger partial charge in [-0.1, -0.05) is 31.9 Å². The van der Waals surface area contributed by atoms with Crippen LogP contribution in [0.25, 0.3) is 0 Å². The summed E-state index contributed by atoms with van der Waals surface area (Å²) in [7, 11) is 2.33. The van der Waals surface area contributed by atoms with Crippen molar-refractivity contribution in [3.8, 4) is 0 Å². The van der Waals surface area contributed by atoms with E-state index in [1.807, 2.05) is 0 Å². The first kappa shape index (κ1) is 21.6. The van der Waals surface area contributed by atoms with Crippen LogP contribution in [0.4, 0.5) is 0 Å². The van der Waals surface area contributed by atoms with E-state index >= 15 is 0 Å². The lowest BCUT2D eigenvalue weighted by atomic mass is 9.57. The largest absolute Gasteiger partial charge is 0.369 e. The van der Waals surface area contributed by atoms with Gasteiger partial charge in [0.1, 0.15) is 0 Å². The molecule has 0 radical (unpaired) electrons. The van der Waals surface area contributed by atoms with E-state index in [1.165, 1.54) is 45.1 Å². The lowest BCUT2D eigenvalue weighted by molar-refractivity contribution is -0.130. The van der Waals surface area contributed by atoms with Crippen molar-refractivity contribution in [2.45, 2.75) is 109 Å². The summed E-state index contributed by atoms with van der Waals surface area (Å²) >= 11 is 0. The molecule has 1 N–H and O–H groups in total. The van der Waals surface area contributed by atoms with Crippen molar-refractivity contribution < 1.29 is 9.53 Å². The fraction of sp³-hybridized carbons (Fsp3) is 0.893. The molecule has 3 aliphatic heterocycles. The molecule has 3 heterocycles. The summed E-state index contributed by atoms with van der Waals surface area (Å²) in [5, 5.41) is 3.38. The third-order valence-electron chi connectivity index (χ3n) is 11.4. The van der Waals surface area contributed by atoms with Gasteiger partial charge in [-0.15, -0.1) is 0 Å². The van der Waals surface area contributed by atoms with Gasteiger partial charge in [-0.25, -0.2) is 0 Å². The molecule has 10 atom stereocenters. The van der Waals surface area contributed by atoms with Gasteiger partial charge in [-0.2, -0.15) is 0 Å². The standard InChI is InChI=1S/C28H44N2O2/c1-16-12-23-26(30(5)15-16)18(3)28(32-23)11-8-19-20-6-7-24-27(4,10-9-25(31)29-24)22(20)13-21(19)17(2)14-28/h16,18-20,22-24,26H,6-15H2,1-5H3,(H,29,31). The lowest BCUT2D eigenvalue weighted by Gasteiger charge is -2.52. The van der Waals surface area contributed by atoms with E-state index in [1.54, 1.807) is 11.1 Å². The van der Waals surface area contributed by atoms with Crippen LogP contribution < -0.4 is 5.32 Å². The van der Waals surface area contributed by atoms with Crippen LogP contribution in [0.1, 0.15) is 85.5 Å². The second kappa shape index (κ2) is 7.31. The molecule has 3 saturated heterocycles. The van der Waals surface area contributed by atoms with Crippen molar-refractivity contribution in [3.05, 3.63) is 11.1 Å². The van der Waals surface area contributed by atoms with E-state index in [-0.39, 0.29) is 11.5 Å². The van der Waals surface area contributed by atoms with Crippen LogP contribution in [0.2, 0.25) is 0 Å². The summed E-state index contributed by atoms with van der Waals surface area (Å²) in [6.07, 6.45) is 10.9. The molecule has 1 spiro atoms. The van der Waals surface area contributed by atoms with E-state index in [9.17, 15) is 4.79 Å². The molecular formula is C28H44N2O2. The third-order valence-corrected chi connectivity index (χ3v) is 11.4. The van der Waals surface area contributed by atoms with Crippen molar-refractivity contribution >= 4 is 5.91 Å². The Bertz CT molecular complexity index is 837. The number of nitrogens with zero attached hydrogens (tertiary/aromatic N) is 1. The number of allylic oxidation sites excluding steroid dienone is 1. The maximum absolute atomic E-state index is 12.1. The third kappa shape index (κ3) is 2.97. The van der Waals surface area contributed by atoms with Crippen LogP contribution in [-0.4, -0.2) is 48.2 Å². The van der Waals surface area contributed by atoms with Crippen molar-refractivity contribution in [1.29, 1.82) is 0 Å². The average Bonchev–Trinajstić information content (AvgIpc) is 3.19. The van der Waals surface area contributed by atoms with E-state index in [0.29, 0.717) is 29.5 Å². The van der Waals surface area contributed by atoms with E-state index < -0.39 is 0 Å². The maximum atomic E-state index is 12.1. The Morgan fingerprint density at radius 2 is 1.97 bits per heavy atom. The number of carbonyl (C=O) groups excluding carboxylic acids is 1. The van der Waals surface area contributed by atoms with Gasteiger partial charge in [0.25, 0.3) is 0 Å². The van der Waals surface area contributed by atoms with Crippen LogP contribution in [0, 0.1) is 35.0 Å². The Labute approximate surface area is 194 Å². The molecule has 5 fully saturated rings. The van der Waals surface area contributed by atoms with Crippen LogP contribution in [0.15, 0.2) is 11.1 Å². The second-order valence-electron chi connectivity index (χ2n) is 13.1. The van der Waals surface area contributed by atoms with Gasteiger partial charge in [-0.3, -0.25) is 4.79 Å². The maximum Gasteiger partial charge on any atom is 0.220 e. The number of likely N-dealkylation sites (N-methyl/N-ethyl adjacent to an activating group) is 1. The highest BCUT2D eigenvalue weighted by molar-refractivity contribution is 5.77. The van der Waals surface area contributed by atoms with E-state index in [0.717, 1.165) is 42.9 Å². The first-order valence-corrected chi connectivity index (χ1v) is 13.6. The molecule has 0 aromatic heterocycles. The van der Waals surface area contributed by atoms with Crippen LogP contribution >= 0.6 is 0 Å². The molecule has 4 heteroatoms. The summed E-state index contributed by atoms with van der Waals surface area (Å²) in [5.41, 5.74) is 3.79. The average molecular weight is 441 g/mol. The number of ether oxygens (including phenoxy) is 1.